The van der Waals surface area contributed by atoms with Gasteiger partial charge in [0, 0.05) is 23.0 Å². The third-order valence-corrected chi connectivity index (χ3v) is 4.56. The van der Waals surface area contributed by atoms with E-state index in [0.29, 0.717) is 11.4 Å². The molecule has 0 unspecified atom stereocenters. The molecular weight excluding hydrogens is 333 g/mol. The predicted molar refractivity (Wildman–Crippen MR) is 96.5 cm³/mol. The fraction of sp³-hybridized carbons (Fsp3) is 0.200. The SMILES string of the molecule is COc1ccc(NC(=O)c2nn(-c3ccccc3)c3c2CCC3)cc1F. The van der Waals surface area contributed by atoms with Gasteiger partial charge in [-0.25, -0.2) is 9.07 Å². The summed E-state index contributed by atoms with van der Waals surface area (Å²) < 4.78 is 20.6. The van der Waals surface area contributed by atoms with Crippen LogP contribution in [0.4, 0.5) is 10.1 Å². The average Bonchev–Trinajstić information content (AvgIpc) is 3.25. The Kier molecular flexibility index (Phi) is 4.16. The van der Waals surface area contributed by atoms with Crippen LogP contribution in [0.1, 0.15) is 28.2 Å². The van der Waals surface area contributed by atoms with Crippen molar-refractivity contribution in [1.82, 2.24) is 9.78 Å². The smallest absolute Gasteiger partial charge is 0.276 e. The number of amides is 1. The Bertz CT molecular complexity index is 967. The van der Waals surface area contributed by atoms with E-state index in [2.05, 4.69) is 10.4 Å². The first-order valence-corrected chi connectivity index (χ1v) is 8.48. The summed E-state index contributed by atoms with van der Waals surface area (Å²) in [6, 6.07) is 14.1. The van der Waals surface area contributed by atoms with Crippen LogP contribution in [-0.2, 0) is 12.8 Å². The van der Waals surface area contributed by atoms with Crippen molar-refractivity contribution in [2.24, 2.45) is 0 Å². The lowest BCUT2D eigenvalue weighted by molar-refractivity contribution is 0.102. The van der Waals surface area contributed by atoms with Gasteiger partial charge in [0.15, 0.2) is 17.3 Å². The van der Waals surface area contributed by atoms with Crippen LogP contribution in [0.5, 0.6) is 5.75 Å². The standard InChI is InChI=1S/C20H18FN3O2/c1-26-18-11-10-13(12-16(18)21)22-20(25)19-15-8-5-9-17(15)24(23-19)14-6-3-2-4-7-14/h2-4,6-7,10-12H,5,8-9H2,1H3,(H,22,25). The Morgan fingerprint density at radius 1 is 1.19 bits per heavy atom. The van der Waals surface area contributed by atoms with Gasteiger partial charge in [0.1, 0.15) is 0 Å². The molecule has 132 valence electrons. The minimum absolute atomic E-state index is 0.136. The van der Waals surface area contributed by atoms with Crippen LogP contribution in [0.3, 0.4) is 0 Å². The van der Waals surface area contributed by atoms with E-state index in [9.17, 15) is 9.18 Å². The van der Waals surface area contributed by atoms with E-state index < -0.39 is 5.82 Å². The van der Waals surface area contributed by atoms with Gasteiger partial charge < -0.3 is 10.1 Å². The molecule has 0 fully saturated rings. The Balaban J connectivity index is 1.66. The number of benzene rings is 2. The van der Waals surface area contributed by atoms with Crippen LogP contribution in [0.25, 0.3) is 5.69 Å². The molecule has 5 nitrogen and oxygen atoms in total. The number of aromatic nitrogens is 2. The number of nitrogens with one attached hydrogen (secondary N) is 1. The molecule has 0 saturated carbocycles. The summed E-state index contributed by atoms with van der Waals surface area (Å²) in [6.07, 6.45) is 2.71. The number of rotatable bonds is 4. The molecule has 0 aliphatic heterocycles. The van der Waals surface area contributed by atoms with Crippen LogP contribution in [0, 0.1) is 5.82 Å². The molecule has 0 spiro atoms. The summed E-state index contributed by atoms with van der Waals surface area (Å²) in [7, 11) is 1.40. The van der Waals surface area contributed by atoms with Gasteiger partial charge in [0.2, 0.25) is 0 Å². The van der Waals surface area contributed by atoms with Crippen LogP contribution in [-0.4, -0.2) is 22.8 Å². The Morgan fingerprint density at radius 2 is 2.00 bits per heavy atom. The van der Waals surface area contributed by atoms with E-state index in [1.54, 1.807) is 6.07 Å². The summed E-state index contributed by atoms with van der Waals surface area (Å²) >= 11 is 0. The van der Waals surface area contributed by atoms with E-state index in [1.807, 2.05) is 35.0 Å². The number of hydrogen-bond donors (Lipinski definition) is 1. The van der Waals surface area contributed by atoms with Crippen LogP contribution < -0.4 is 10.1 Å². The normalized spacial score (nSPS) is 12.7. The average molecular weight is 351 g/mol. The number of para-hydroxylation sites is 1. The van der Waals surface area contributed by atoms with Gasteiger partial charge in [-0.1, -0.05) is 18.2 Å². The molecule has 1 aromatic heterocycles. The number of nitrogens with zero attached hydrogens (tertiary/aromatic N) is 2. The molecule has 1 amide bonds. The second kappa shape index (κ2) is 6.63. The first-order valence-electron chi connectivity index (χ1n) is 8.48. The quantitative estimate of drug-likeness (QED) is 0.779. The molecule has 4 rings (SSSR count). The highest BCUT2D eigenvalue weighted by atomic mass is 19.1. The largest absolute Gasteiger partial charge is 0.494 e. The third-order valence-electron chi connectivity index (χ3n) is 4.56. The van der Waals surface area contributed by atoms with Crippen molar-refractivity contribution >= 4 is 11.6 Å². The first-order chi connectivity index (χ1) is 12.7. The molecular formula is C20H18FN3O2. The maximum atomic E-state index is 13.9. The molecule has 0 bridgehead atoms. The van der Waals surface area contributed by atoms with Crippen molar-refractivity contribution in [2.45, 2.75) is 19.3 Å². The zero-order chi connectivity index (χ0) is 18.1. The van der Waals surface area contributed by atoms with Gasteiger partial charge in [0.05, 0.1) is 12.8 Å². The molecule has 0 radical (unpaired) electrons. The topological polar surface area (TPSA) is 56.1 Å². The summed E-state index contributed by atoms with van der Waals surface area (Å²) in [5.74, 6) is -0.718. The number of halogens is 1. The van der Waals surface area contributed by atoms with E-state index in [0.717, 1.165) is 36.2 Å². The molecule has 1 aliphatic rings. The summed E-state index contributed by atoms with van der Waals surface area (Å²) in [5, 5.41) is 7.28. The molecule has 1 heterocycles. The van der Waals surface area contributed by atoms with E-state index >= 15 is 0 Å². The molecule has 26 heavy (non-hydrogen) atoms. The minimum Gasteiger partial charge on any atom is -0.494 e. The lowest BCUT2D eigenvalue weighted by Crippen LogP contribution is -2.15. The number of carbonyl (C=O) groups excluding carboxylic acids is 1. The molecule has 2 aromatic carbocycles. The van der Waals surface area contributed by atoms with Gasteiger partial charge in [0.25, 0.3) is 5.91 Å². The number of hydrogen-bond acceptors (Lipinski definition) is 3. The maximum absolute atomic E-state index is 13.9. The lowest BCUT2D eigenvalue weighted by atomic mass is 10.2. The van der Waals surface area contributed by atoms with Crippen molar-refractivity contribution in [3.05, 3.63) is 71.3 Å². The van der Waals surface area contributed by atoms with Crippen LogP contribution in [0.15, 0.2) is 48.5 Å². The second-order valence-corrected chi connectivity index (χ2v) is 6.18. The number of anilines is 1. The monoisotopic (exact) mass is 351 g/mol. The highest BCUT2D eigenvalue weighted by Crippen LogP contribution is 2.28. The summed E-state index contributed by atoms with van der Waals surface area (Å²) in [4.78, 5) is 12.7. The number of methoxy groups -OCH3 is 1. The number of fused-ring (bicyclic) bond motifs is 1. The third kappa shape index (κ3) is 2.83. The second-order valence-electron chi connectivity index (χ2n) is 6.18. The zero-order valence-corrected chi connectivity index (χ0v) is 14.3. The highest BCUT2D eigenvalue weighted by Gasteiger charge is 2.27. The Hall–Kier alpha value is -3.15. The van der Waals surface area contributed by atoms with Crippen molar-refractivity contribution in [1.29, 1.82) is 0 Å². The fourth-order valence-electron chi connectivity index (χ4n) is 3.34. The van der Waals surface area contributed by atoms with Gasteiger partial charge >= 0.3 is 0 Å². The molecule has 0 saturated heterocycles. The summed E-state index contributed by atoms with van der Waals surface area (Å²) in [6.45, 7) is 0. The zero-order valence-electron chi connectivity index (χ0n) is 14.3. The maximum Gasteiger partial charge on any atom is 0.276 e. The Morgan fingerprint density at radius 3 is 2.73 bits per heavy atom. The van der Waals surface area contributed by atoms with Crippen LogP contribution >= 0.6 is 0 Å². The predicted octanol–water partition coefficient (Wildman–Crippen LogP) is 3.76. The van der Waals surface area contributed by atoms with Crippen molar-refractivity contribution in [3.8, 4) is 11.4 Å². The minimum atomic E-state index is -0.523. The number of ether oxygens (including phenoxy) is 1. The molecule has 0 atom stereocenters. The summed E-state index contributed by atoms with van der Waals surface area (Å²) in [5.41, 5.74) is 3.75. The van der Waals surface area contributed by atoms with E-state index in [1.165, 1.54) is 19.2 Å². The van der Waals surface area contributed by atoms with Crippen molar-refractivity contribution in [2.75, 3.05) is 12.4 Å². The lowest BCUT2D eigenvalue weighted by Gasteiger charge is -2.07. The van der Waals surface area contributed by atoms with E-state index in [-0.39, 0.29) is 11.7 Å². The van der Waals surface area contributed by atoms with Crippen molar-refractivity contribution in [3.63, 3.8) is 0 Å². The van der Waals surface area contributed by atoms with Crippen LogP contribution in [0.2, 0.25) is 0 Å². The fourth-order valence-corrected chi connectivity index (χ4v) is 3.34. The van der Waals surface area contributed by atoms with Gasteiger partial charge in [-0.3, -0.25) is 4.79 Å². The Labute approximate surface area is 150 Å². The molecule has 1 N–H and O–H groups in total. The van der Waals surface area contributed by atoms with Gasteiger partial charge in [-0.2, -0.15) is 5.10 Å². The molecule has 3 aromatic rings. The van der Waals surface area contributed by atoms with Crippen molar-refractivity contribution < 1.29 is 13.9 Å². The van der Waals surface area contributed by atoms with E-state index in [4.69, 9.17) is 4.74 Å². The van der Waals surface area contributed by atoms with Gasteiger partial charge in [-0.05, 0) is 43.5 Å². The number of carbonyl (C=O) groups is 1. The van der Waals surface area contributed by atoms with Gasteiger partial charge in [-0.15, -0.1) is 0 Å². The first kappa shape index (κ1) is 16.3. The molecule has 1 aliphatic carbocycles. The molecule has 6 heteroatoms. The highest BCUT2D eigenvalue weighted by molar-refractivity contribution is 6.04.